The fourth-order valence-corrected chi connectivity index (χ4v) is 3.68. The Kier molecular flexibility index (Phi) is 5.33. The molecule has 24 heavy (non-hydrogen) atoms. The Bertz CT molecular complexity index is 723. The van der Waals surface area contributed by atoms with Gasteiger partial charge in [0.05, 0.1) is 12.6 Å². The zero-order chi connectivity index (χ0) is 16.9. The molecular weight excluding hydrogens is 320 g/mol. The number of carbonyl (C=O) groups is 1. The largest absolute Gasteiger partial charge is 0.493 e. The van der Waals surface area contributed by atoms with Gasteiger partial charge in [-0.1, -0.05) is 12.1 Å². The number of likely N-dealkylation sites (N-methyl/N-ethyl adjacent to an activating group) is 1. The average Bonchev–Trinajstić information content (AvgIpc) is 3.23. The van der Waals surface area contributed by atoms with Crippen molar-refractivity contribution in [2.24, 2.45) is 0 Å². The minimum Gasteiger partial charge on any atom is -0.493 e. The number of amides is 1. The fraction of sp³-hybridized carbons (Fsp3) is 0.316. The summed E-state index contributed by atoms with van der Waals surface area (Å²) in [4.78, 5) is 15.5. The first-order valence-corrected chi connectivity index (χ1v) is 8.93. The predicted molar refractivity (Wildman–Crippen MR) is 98.4 cm³/mol. The summed E-state index contributed by atoms with van der Waals surface area (Å²) in [5.41, 5.74) is 2.24. The second-order valence-corrected chi connectivity index (χ2v) is 7.02. The molecule has 0 fully saturated rings. The van der Waals surface area contributed by atoms with Gasteiger partial charge in [0, 0.05) is 23.9 Å². The van der Waals surface area contributed by atoms with Gasteiger partial charge in [0.15, 0.2) is 0 Å². The van der Waals surface area contributed by atoms with Crippen LogP contribution in [-0.4, -0.2) is 38.1 Å². The van der Waals surface area contributed by atoms with Crippen molar-refractivity contribution in [3.8, 4) is 5.75 Å². The first-order valence-electron chi connectivity index (χ1n) is 8.05. The molecule has 1 atom stereocenters. The molecule has 2 heterocycles. The lowest BCUT2D eigenvalue weighted by Gasteiger charge is -2.23. The molecule has 0 saturated heterocycles. The Morgan fingerprint density at radius 1 is 1.42 bits per heavy atom. The van der Waals surface area contributed by atoms with E-state index in [0.29, 0.717) is 6.54 Å². The highest BCUT2D eigenvalue weighted by Gasteiger charge is 2.15. The Hall–Kier alpha value is -2.11. The maximum atomic E-state index is 12.1. The van der Waals surface area contributed by atoms with E-state index in [1.54, 1.807) is 17.4 Å². The summed E-state index contributed by atoms with van der Waals surface area (Å²) in [6, 6.07) is 10.4. The molecule has 5 heteroatoms. The normalized spacial score (nSPS) is 14.6. The molecule has 1 aliphatic heterocycles. The molecule has 1 aliphatic rings. The van der Waals surface area contributed by atoms with Crippen molar-refractivity contribution >= 4 is 23.3 Å². The number of rotatable bonds is 6. The molecule has 0 saturated carbocycles. The van der Waals surface area contributed by atoms with Crippen LogP contribution in [0.2, 0.25) is 0 Å². The van der Waals surface area contributed by atoms with Crippen LogP contribution < -0.4 is 10.1 Å². The SMILES string of the molecule is CN(C)C(CNC(=O)/C=C/c1ccc2c(c1)CCO2)c1cccs1. The van der Waals surface area contributed by atoms with Crippen LogP contribution in [0.5, 0.6) is 5.75 Å². The number of hydrogen-bond acceptors (Lipinski definition) is 4. The van der Waals surface area contributed by atoms with E-state index in [1.165, 1.54) is 10.4 Å². The second kappa shape index (κ2) is 7.64. The van der Waals surface area contributed by atoms with Gasteiger partial charge in [0.25, 0.3) is 0 Å². The van der Waals surface area contributed by atoms with Crippen LogP contribution in [0.25, 0.3) is 6.08 Å². The smallest absolute Gasteiger partial charge is 0.244 e. The number of benzene rings is 1. The molecule has 4 nitrogen and oxygen atoms in total. The lowest BCUT2D eigenvalue weighted by molar-refractivity contribution is -0.116. The Morgan fingerprint density at radius 2 is 2.29 bits per heavy atom. The van der Waals surface area contributed by atoms with Crippen molar-refractivity contribution in [1.29, 1.82) is 0 Å². The summed E-state index contributed by atoms with van der Waals surface area (Å²) >= 11 is 1.71. The van der Waals surface area contributed by atoms with Gasteiger partial charge in [0.2, 0.25) is 5.91 Å². The number of hydrogen-bond donors (Lipinski definition) is 1. The summed E-state index contributed by atoms with van der Waals surface area (Å²) in [6.45, 7) is 1.34. The van der Waals surface area contributed by atoms with Crippen LogP contribution in [0.15, 0.2) is 41.8 Å². The van der Waals surface area contributed by atoms with E-state index < -0.39 is 0 Å². The van der Waals surface area contributed by atoms with E-state index in [1.807, 2.05) is 38.4 Å². The molecule has 0 spiro atoms. The minimum atomic E-state index is -0.0739. The van der Waals surface area contributed by atoms with Crippen LogP contribution in [0.4, 0.5) is 0 Å². The van der Waals surface area contributed by atoms with Gasteiger partial charge < -0.3 is 15.0 Å². The molecular formula is C19H22N2O2S. The third-order valence-electron chi connectivity index (χ3n) is 4.11. The molecule has 3 rings (SSSR count). The minimum absolute atomic E-state index is 0.0739. The summed E-state index contributed by atoms with van der Waals surface area (Å²) in [5, 5.41) is 5.05. The number of carbonyl (C=O) groups excluding carboxylic acids is 1. The van der Waals surface area contributed by atoms with Crippen LogP contribution in [0.1, 0.15) is 22.0 Å². The standard InChI is InChI=1S/C19H22N2O2S/c1-21(2)16(18-4-3-11-24-18)13-20-19(22)8-6-14-5-7-17-15(12-14)9-10-23-17/h3-8,11-12,16H,9-10,13H2,1-2H3,(H,20,22)/b8-6+. The summed E-state index contributed by atoms with van der Waals surface area (Å²) in [6.07, 6.45) is 4.39. The van der Waals surface area contributed by atoms with Gasteiger partial charge in [-0.25, -0.2) is 0 Å². The highest BCUT2D eigenvalue weighted by Crippen LogP contribution is 2.26. The lowest BCUT2D eigenvalue weighted by Crippen LogP contribution is -2.33. The molecule has 126 valence electrons. The predicted octanol–water partition coefficient (Wildman–Crippen LogP) is 3.12. The van der Waals surface area contributed by atoms with Crippen molar-refractivity contribution in [3.05, 3.63) is 57.8 Å². The molecule has 1 aromatic carbocycles. The third kappa shape index (κ3) is 4.04. The summed E-state index contributed by atoms with van der Waals surface area (Å²) in [7, 11) is 4.05. The fourth-order valence-electron chi connectivity index (χ4n) is 2.76. The Labute approximate surface area is 146 Å². The maximum Gasteiger partial charge on any atom is 0.244 e. The summed E-state index contributed by atoms with van der Waals surface area (Å²) < 4.78 is 5.49. The van der Waals surface area contributed by atoms with Crippen molar-refractivity contribution in [2.45, 2.75) is 12.5 Å². The third-order valence-corrected chi connectivity index (χ3v) is 5.08. The van der Waals surface area contributed by atoms with E-state index in [0.717, 1.165) is 24.3 Å². The van der Waals surface area contributed by atoms with Gasteiger partial charge in [-0.3, -0.25) is 4.79 Å². The van der Waals surface area contributed by atoms with Crippen LogP contribution in [0, 0.1) is 0 Å². The average molecular weight is 342 g/mol. The van der Waals surface area contributed by atoms with Gasteiger partial charge >= 0.3 is 0 Å². The first kappa shape index (κ1) is 16.7. The van der Waals surface area contributed by atoms with Crippen LogP contribution >= 0.6 is 11.3 Å². The molecule has 0 aliphatic carbocycles. The van der Waals surface area contributed by atoms with Gasteiger partial charge in [-0.05, 0) is 54.9 Å². The van der Waals surface area contributed by atoms with Crippen LogP contribution in [-0.2, 0) is 11.2 Å². The van der Waals surface area contributed by atoms with E-state index in [4.69, 9.17) is 4.74 Å². The van der Waals surface area contributed by atoms with Crippen molar-refractivity contribution < 1.29 is 9.53 Å². The van der Waals surface area contributed by atoms with E-state index in [2.05, 4.69) is 27.7 Å². The second-order valence-electron chi connectivity index (χ2n) is 6.04. The number of nitrogens with one attached hydrogen (secondary N) is 1. The highest BCUT2D eigenvalue weighted by atomic mass is 32.1. The number of ether oxygens (including phenoxy) is 1. The molecule has 2 aromatic rings. The number of nitrogens with zero attached hydrogens (tertiary/aromatic N) is 1. The Morgan fingerprint density at radius 3 is 3.04 bits per heavy atom. The molecule has 1 unspecified atom stereocenters. The first-order chi connectivity index (χ1) is 11.6. The summed E-state index contributed by atoms with van der Waals surface area (Å²) in [5.74, 6) is 0.886. The van der Waals surface area contributed by atoms with E-state index >= 15 is 0 Å². The molecule has 0 bridgehead atoms. The quantitative estimate of drug-likeness (QED) is 0.820. The van der Waals surface area contributed by atoms with E-state index in [-0.39, 0.29) is 11.9 Å². The van der Waals surface area contributed by atoms with Crippen molar-refractivity contribution in [2.75, 3.05) is 27.2 Å². The zero-order valence-corrected chi connectivity index (χ0v) is 14.8. The van der Waals surface area contributed by atoms with Gasteiger partial charge in [0.1, 0.15) is 5.75 Å². The molecule has 0 radical (unpaired) electrons. The number of fused-ring (bicyclic) bond motifs is 1. The maximum absolute atomic E-state index is 12.1. The van der Waals surface area contributed by atoms with Crippen molar-refractivity contribution in [3.63, 3.8) is 0 Å². The monoisotopic (exact) mass is 342 g/mol. The molecule has 1 N–H and O–H groups in total. The molecule has 1 aromatic heterocycles. The highest BCUT2D eigenvalue weighted by molar-refractivity contribution is 7.10. The van der Waals surface area contributed by atoms with Crippen LogP contribution in [0.3, 0.4) is 0 Å². The number of thiophene rings is 1. The van der Waals surface area contributed by atoms with E-state index in [9.17, 15) is 4.79 Å². The van der Waals surface area contributed by atoms with Crippen molar-refractivity contribution in [1.82, 2.24) is 10.2 Å². The molecule has 1 amide bonds. The Balaban J connectivity index is 1.57. The van der Waals surface area contributed by atoms with Gasteiger partial charge in [-0.2, -0.15) is 0 Å². The zero-order valence-electron chi connectivity index (χ0n) is 14.0. The topological polar surface area (TPSA) is 41.6 Å². The van der Waals surface area contributed by atoms with Gasteiger partial charge in [-0.15, -0.1) is 11.3 Å². The lowest BCUT2D eigenvalue weighted by atomic mass is 10.1.